The number of aromatic nitrogens is 2. The Hall–Kier alpha value is -1.90. The van der Waals surface area contributed by atoms with Crippen molar-refractivity contribution in [2.24, 2.45) is 5.92 Å². The van der Waals surface area contributed by atoms with Crippen molar-refractivity contribution in [3.63, 3.8) is 0 Å². The van der Waals surface area contributed by atoms with Crippen molar-refractivity contribution in [2.45, 2.75) is 26.7 Å². The van der Waals surface area contributed by atoms with Gasteiger partial charge in [0.2, 0.25) is 0 Å². The molecule has 0 radical (unpaired) electrons. The third-order valence-corrected chi connectivity index (χ3v) is 3.51. The number of carbonyl (C=O) groups excluding carboxylic acids is 1. The Morgan fingerprint density at radius 1 is 1.22 bits per heavy atom. The van der Waals surface area contributed by atoms with Gasteiger partial charge < -0.3 is 0 Å². The van der Waals surface area contributed by atoms with E-state index in [0.717, 1.165) is 29.1 Å². The van der Waals surface area contributed by atoms with E-state index in [9.17, 15) is 4.79 Å². The minimum absolute atomic E-state index is 0.239. The maximum Gasteiger partial charge on any atom is 0.166 e. The standard InChI is InChI=1S/C15H16N2O/c1-10-8-13-15(14(18)9-10)11(2)16-17(13)12-6-4-3-5-7-12/h3-7,10H,8-9H2,1-2H3/t10-/m0/s1. The summed E-state index contributed by atoms with van der Waals surface area (Å²) in [5, 5.41) is 4.54. The molecule has 1 aliphatic carbocycles. The van der Waals surface area contributed by atoms with Crippen molar-refractivity contribution < 1.29 is 4.79 Å². The number of para-hydroxylation sites is 1. The molecule has 0 bridgehead atoms. The molecule has 92 valence electrons. The molecule has 3 rings (SSSR count). The SMILES string of the molecule is Cc1nn(-c2ccccc2)c2c1C(=O)C[C@@H](C)C2. The van der Waals surface area contributed by atoms with Crippen LogP contribution in [0.25, 0.3) is 5.69 Å². The Labute approximate surface area is 106 Å². The molecule has 0 N–H and O–H groups in total. The van der Waals surface area contributed by atoms with Gasteiger partial charge in [0.15, 0.2) is 5.78 Å². The average Bonchev–Trinajstić information content (AvgIpc) is 2.67. The first kappa shape index (κ1) is 11.2. The van der Waals surface area contributed by atoms with Gasteiger partial charge in [0.1, 0.15) is 0 Å². The summed E-state index contributed by atoms with van der Waals surface area (Å²) in [4.78, 5) is 12.1. The van der Waals surface area contributed by atoms with Gasteiger partial charge in [0.05, 0.1) is 22.6 Å². The molecule has 3 nitrogen and oxygen atoms in total. The van der Waals surface area contributed by atoms with E-state index >= 15 is 0 Å². The monoisotopic (exact) mass is 240 g/mol. The Bertz CT molecular complexity index is 598. The number of benzene rings is 1. The molecule has 0 unspecified atom stereocenters. The van der Waals surface area contributed by atoms with E-state index < -0.39 is 0 Å². The van der Waals surface area contributed by atoms with Gasteiger partial charge in [0.25, 0.3) is 0 Å². The second-order valence-electron chi connectivity index (χ2n) is 5.09. The molecule has 1 aliphatic rings. The van der Waals surface area contributed by atoms with Crippen LogP contribution in [0.1, 0.15) is 35.1 Å². The molecule has 1 aromatic heterocycles. The molecule has 0 spiro atoms. The van der Waals surface area contributed by atoms with Gasteiger partial charge in [-0.3, -0.25) is 4.79 Å². The highest BCUT2D eigenvalue weighted by Gasteiger charge is 2.29. The van der Waals surface area contributed by atoms with E-state index in [-0.39, 0.29) is 5.78 Å². The van der Waals surface area contributed by atoms with E-state index in [1.54, 1.807) is 0 Å². The Kier molecular flexibility index (Phi) is 2.54. The van der Waals surface area contributed by atoms with Crippen molar-refractivity contribution in [1.29, 1.82) is 0 Å². The molecular formula is C15H16N2O. The van der Waals surface area contributed by atoms with Crippen LogP contribution in [0.2, 0.25) is 0 Å². The van der Waals surface area contributed by atoms with Crippen LogP contribution in [0.4, 0.5) is 0 Å². The van der Waals surface area contributed by atoms with E-state index in [4.69, 9.17) is 0 Å². The predicted octanol–water partition coefficient (Wildman–Crippen LogP) is 2.95. The summed E-state index contributed by atoms with van der Waals surface area (Å²) in [7, 11) is 0. The highest BCUT2D eigenvalue weighted by Crippen LogP contribution is 2.29. The normalized spacial score (nSPS) is 18.8. The number of Topliss-reactive ketones (excluding diaryl/α,β-unsaturated/α-hetero) is 1. The molecule has 0 aliphatic heterocycles. The minimum Gasteiger partial charge on any atom is -0.294 e. The van der Waals surface area contributed by atoms with Crippen LogP contribution in [0.3, 0.4) is 0 Å². The quantitative estimate of drug-likeness (QED) is 0.768. The Morgan fingerprint density at radius 3 is 2.67 bits per heavy atom. The molecule has 0 amide bonds. The van der Waals surface area contributed by atoms with E-state index in [0.29, 0.717) is 12.3 Å². The maximum atomic E-state index is 12.1. The van der Waals surface area contributed by atoms with Crippen molar-refractivity contribution in [1.82, 2.24) is 9.78 Å². The number of hydrogen-bond acceptors (Lipinski definition) is 2. The van der Waals surface area contributed by atoms with E-state index in [1.165, 1.54) is 0 Å². The van der Waals surface area contributed by atoms with Crippen molar-refractivity contribution in [2.75, 3.05) is 0 Å². The largest absolute Gasteiger partial charge is 0.294 e. The Balaban J connectivity index is 2.19. The molecule has 2 aromatic rings. The lowest BCUT2D eigenvalue weighted by Gasteiger charge is -2.19. The number of carbonyl (C=O) groups is 1. The predicted molar refractivity (Wildman–Crippen MR) is 70.1 cm³/mol. The fourth-order valence-electron chi connectivity index (χ4n) is 2.73. The number of fused-ring (bicyclic) bond motifs is 1. The van der Waals surface area contributed by atoms with Crippen LogP contribution in [0, 0.1) is 12.8 Å². The number of rotatable bonds is 1. The van der Waals surface area contributed by atoms with Crippen molar-refractivity contribution in [3.8, 4) is 5.69 Å². The fourth-order valence-corrected chi connectivity index (χ4v) is 2.73. The highest BCUT2D eigenvalue weighted by molar-refractivity contribution is 5.99. The lowest BCUT2D eigenvalue weighted by atomic mass is 9.87. The van der Waals surface area contributed by atoms with Crippen LogP contribution in [-0.4, -0.2) is 15.6 Å². The molecule has 1 heterocycles. The first-order chi connectivity index (χ1) is 8.66. The molecule has 0 saturated carbocycles. The molecule has 0 saturated heterocycles. The summed E-state index contributed by atoms with van der Waals surface area (Å²) in [6, 6.07) is 10.0. The van der Waals surface area contributed by atoms with Crippen LogP contribution in [0.5, 0.6) is 0 Å². The lowest BCUT2D eigenvalue weighted by molar-refractivity contribution is 0.0952. The second kappa shape index (κ2) is 4.09. The van der Waals surface area contributed by atoms with Crippen molar-refractivity contribution in [3.05, 3.63) is 47.3 Å². The first-order valence-electron chi connectivity index (χ1n) is 6.34. The van der Waals surface area contributed by atoms with E-state index in [1.807, 2.05) is 41.9 Å². The van der Waals surface area contributed by atoms with Gasteiger partial charge >= 0.3 is 0 Å². The van der Waals surface area contributed by atoms with Gasteiger partial charge in [-0.2, -0.15) is 5.10 Å². The molecular weight excluding hydrogens is 224 g/mol. The summed E-state index contributed by atoms with van der Waals surface area (Å²) in [6.07, 6.45) is 1.57. The molecule has 3 heteroatoms. The zero-order valence-electron chi connectivity index (χ0n) is 10.7. The summed E-state index contributed by atoms with van der Waals surface area (Å²) in [5.41, 5.74) is 3.80. The molecule has 18 heavy (non-hydrogen) atoms. The molecule has 0 fully saturated rings. The summed E-state index contributed by atoms with van der Waals surface area (Å²) in [5.74, 6) is 0.645. The zero-order chi connectivity index (χ0) is 12.7. The number of hydrogen-bond donors (Lipinski definition) is 0. The van der Waals surface area contributed by atoms with Gasteiger partial charge in [-0.1, -0.05) is 25.1 Å². The van der Waals surface area contributed by atoms with Crippen molar-refractivity contribution >= 4 is 5.78 Å². The maximum absolute atomic E-state index is 12.1. The number of ketones is 1. The minimum atomic E-state index is 0.239. The van der Waals surface area contributed by atoms with Gasteiger partial charge in [-0.25, -0.2) is 4.68 Å². The number of nitrogens with zero attached hydrogens (tertiary/aromatic N) is 2. The zero-order valence-corrected chi connectivity index (χ0v) is 10.7. The number of aryl methyl sites for hydroxylation is 1. The second-order valence-corrected chi connectivity index (χ2v) is 5.09. The lowest BCUT2D eigenvalue weighted by Crippen LogP contribution is -2.19. The third kappa shape index (κ3) is 1.67. The Morgan fingerprint density at radius 2 is 1.94 bits per heavy atom. The summed E-state index contributed by atoms with van der Waals surface area (Å²) < 4.78 is 1.93. The average molecular weight is 240 g/mol. The van der Waals surface area contributed by atoms with E-state index in [2.05, 4.69) is 12.0 Å². The fraction of sp³-hybridized carbons (Fsp3) is 0.333. The van der Waals surface area contributed by atoms with Gasteiger partial charge in [-0.05, 0) is 31.4 Å². The van der Waals surface area contributed by atoms with Crippen LogP contribution < -0.4 is 0 Å². The van der Waals surface area contributed by atoms with Crippen LogP contribution >= 0.6 is 0 Å². The molecule has 1 aromatic carbocycles. The highest BCUT2D eigenvalue weighted by atomic mass is 16.1. The molecule has 1 atom stereocenters. The first-order valence-corrected chi connectivity index (χ1v) is 6.34. The van der Waals surface area contributed by atoms with Crippen LogP contribution in [0.15, 0.2) is 30.3 Å². The van der Waals surface area contributed by atoms with Gasteiger partial charge in [-0.15, -0.1) is 0 Å². The van der Waals surface area contributed by atoms with Gasteiger partial charge in [0, 0.05) is 6.42 Å². The van der Waals surface area contributed by atoms with Crippen LogP contribution in [-0.2, 0) is 6.42 Å². The summed E-state index contributed by atoms with van der Waals surface area (Å²) in [6.45, 7) is 4.05. The topological polar surface area (TPSA) is 34.9 Å². The third-order valence-electron chi connectivity index (χ3n) is 3.51. The smallest absolute Gasteiger partial charge is 0.166 e. The summed E-state index contributed by atoms with van der Waals surface area (Å²) >= 11 is 0.